The first-order chi connectivity index (χ1) is 9.10. The second-order valence-electron chi connectivity index (χ2n) is 5.30. The third kappa shape index (κ3) is 2.82. The standard InChI is InChI=1S/C14H24FN3O/c1-4-13-12(14(5-2)17(3)16-13)8-18-7-10(15)6-11(18)9-19/h10-11,19H,4-9H2,1-3H3/t10-,11-/m0/s1. The molecule has 2 rings (SSSR count). The first-order valence-electron chi connectivity index (χ1n) is 7.13. The van der Waals surface area contributed by atoms with Gasteiger partial charge in [0.2, 0.25) is 0 Å². The van der Waals surface area contributed by atoms with Crippen molar-refractivity contribution in [1.29, 1.82) is 0 Å². The van der Waals surface area contributed by atoms with E-state index in [-0.39, 0.29) is 12.6 Å². The van der Waals surface area contributed by atoms with Crippen molar-refractivity contribution in [2.75, 3.05) is 13.2 Å². The molecule has 0 aromatic carbocycles. The summed E-state index contributed by atoms with van der Waals surface area (Å²) in [6.07, 6.45) is 1.44. The Bertz CT molecular complexity index is 433. The summed E-state index contributed by atoms with van der Waals surface area (Å²) in [7, 11) is 1.97. The minimum Gasteiger partial charge on any atom is -0.395 e. The molecule has 2 atom stereocenters. The van der Waals surface area contributed by atoms with Gasteiger partial charge in [0.25, 0.3) is 0 Å². The van der Waals surface area contributed by atoms with Gasteiger partial charge < -0.3 is 5.11 Å². The summed E-state index contributed by atoms with van der Waals surface area (Å²) in [5.41, 5.74) is 3.54. The summed E-state index contributed by atoms with van der Waals surface area (Å²) < 4.78 is 15.4. The Morgan fingerprint density at radius 1 is 1.37 bits per heavy atom. The average Bonchev–Trinajstić information content (AvgIpc) is 2.89. The molecular formula is C14H24FN3O. The predicted molar refractivity (Wildman–Crippen MR) is 72.8 cm³/mol. The van der Waals surface area contributed by atoms with Gasteiger partial charge in [0, 0.05) is 37.4 Å². The monoisotopic (exact) mass is 269 g/mol. The number of hydrogen-bond acceptors (Lipinski definition) is 3. The molecule has 1 aliphatic heterocycles. The molecule has 1 N–H and O–H groups in total. The van der Waals surface area contributed by atoms with Crippen molar-refractivity contribution in [2.45, 2.75) is 51.9 Å². The number of aliphatic hydroxyl groups excluding tert-OH is 1. The molecule has 0 radical (unpaired) electrons. The van der Waals surface area contributed by atoms with E-state index in [2.05, 4.69) is 23.8 Å². The molecule has 1 aliphatic rings. The quantitative estimate of drug-likeness (QED) is 0.879. The molecule has 1 fully saturated rings. The summed E-state index contributed by atoms with van der Waals surface area (Å²) in [4.78, 5) is 2.06. The Labute approximate surface area is 114 Å². The topological polar surface area (TPSA) is 41.3 Å². The van der Waals surface area contributed by atoms with Crippen LogP contribution in [0.15, 0.2) is 0 Å². The fraction of sp³-hybridized carbons (Fsp3) is 0.786. The maximum atomic E-state index is 13.5. The van der Waals surface area contributed by atoms with Crippen LogP contribution in [0.25, 0.3) is 0 Å². The maximum Gasteiger partial charge on any atom is 0.114 e. The third-order valence-electron chi connectivity index (χ3n) is 4.08. The summed E-state index contributed by atoms with van der Waals surface area (Å²) in [5, 5.41) is 13.9. The van der Waals surface area contributed by atoms with Gasteiger partial charge in [0.1, 0.15) is 6.17 Å². The average molecular weight is 269 g/mol. The zero-order chi connectivity index (χ0) is 14.0. The molecule has 1 aromatic heterocycles. The van der Waals surface area contributed by atoms with Crippen molar-refractivity contribution < 1.29 is 9.50 Å². The summed E-state index contributed by atoms with van der Waals surface area (Å²) >= 11 is 0. The SMILES string of the molecule is CCc1nn(C)c(CC)c1CN1C[C@@H](F)C[C@H]1CO. The minimum absolute atomic E-state index is 0.0313. The van der Waals surface area contributed by atoms with E-state index in [4.69, 9.17) is 0 Å². The molecule has 1 saturated heterocycles. The number of nitrogens with zero attached hydrogens (tertiary/aromatic N) is 3. The van der Waals surface area contributed by atoms with Gasteiger partial charge in [-0.1, -0.05) is 13.8 Å². The Morgan fingerprint density at radius 2 is 2.11 bits per heavy atom. The normalized spacial score (nSPS) is 24.3. The lowest BCUT2D eigenvalue weighted by molar-refractivity contribution is 0.152. The maximum absolute atomic E-state index is 13.5. The first kappa shape index (κ1) is 14.5. The lowest BCUT2D eigenvalue weighted by Crippen LogP contribution is -2.32. The zero-order valence-electron chi connectivity index (χ0n) is 12.1. The van der Waals surface area contributed by atoms with Crippen molar-refractivity contribution in [3.05, 3.63) is 17.0 Å². The number of alkyl halides is 1. The largest absolute Gasteiger partial charge is 0.395 e. The molecule has 0 spiro atoms. The Balaban J connectivity index is 2.22. The summed E-state index contributed by atoms with van der Waals surface area (Å²) in [6, 6.07) is -0.0513. The second-order valence-corrected chi connectivity index (χ2v) is 5.30. The Hall–Kier alpha value is -0.940. The lowest BCUT2D eigenvalue weighted by atomic mass is 10.1. The van der Waals surface area contributed by atoms with Crippen molar-refractivity contribution in [2.24, 2.45) is 7.05 Å². The molecule has 0 saturated carbocycles. The van der Waals surface area contributed by atoms with E-state index in [1.54, 1.807) is 0 Å². The number of aliphatic hydroxyl groups is 1. The van der Waals surface area contributed by atoms with Crippen LogP contribution in [0, 0.1) is 0 Å². The fourth-order valence-electron chi connectivity index (χ4n) is 3.08. The van der Waals surface area contributed by atoms with Crippen molar-refractivity contribution in [1.82, 2.24) is 14.7 Å². The molecule has 0 bridgehead atoms. The molecule has 1 aromatic rings. The van der Waals surface area contributed by atoms with Crippen LogP contribution in [0.1, 0.15) is 37.2 Å². The summed E-state index contributed by atoms with van der Waals surface area (Å²) in [6.45, 7) is 5.37. The molecule has 5 heteroatoms. The van der Waals surface area contributed by atoms with Gasteiger partial charge >= 0.3 is 0 Å². The number of halogens is 1. The number of hydrogen-bond donors (Lipinski definition) is 1. The van der Waals surface area contributed by atoms with Crippen molar-refractivity contribution in [3.63, 3.8) is 0 Å². The molecule has 0 aliphatic carbocycles. The molecule has 4 nitrogen and oxygen atoms in total. The van der Waals surface area contributed by atoms with Gasteiger partial charge in [0.15, 0.2) is 0 Å². The van der Waals surface area contributed by atoms with Gasteiger partial charge in [-0.05, 0) is 19.3 Å². The smallest absolute Gasteiger partial charge is 0.114 e. The highest BCUT2D eigenvalue weighted by atomic mass is 19.1. The number of aryl methyl sites for hydroxylation is 2. The van der Waals surface area contributed by atoms with Crippen molar-refractivity contribution >= 4 is 0 Å². The van der Waals surface area contributed by atoms with Gasteiger partial charge in [-0.2, -0.15) is 5.10 Å². The highest BCUT2D eigenvalue weighted by molar-refractivity contribution is 5.27. The van der Waals surface area contributed by atoms with Crippen LogP contribution >= 0.6 is 0 Å². The fourth-order valence-corrected chi connectivity index (χ4v) is 3.08. The van der Waals surface area contributed by atoms with E-state index >= 15 is 0 Å². The van der Waals surface area contributed by atoms with Crippen LogP contribution < -0.4 is 0 Å². The van der Waals surface area contributed by atoms with E-state index in [9.17, 15) is 9.50 Å². The molecule has 108 valence electrons. The Morgan fingerprint density at radius 3 is 2.68 bits per heavy atom. The van der Waals surface area contributed by atoms with Crippen molar-refractivity contribution in [3.8, 4) is 0 Å². The lowest BCUT2D eigenvalue weighted by Gasteiger charge is -2.22. The Kier molecular flexibility index (Phi) is 4.58. The van der Waals surface area contributed by atoms with Gasteiger partial charge in [-0.15, -0.1) is 0 Å². The second kappa shape index (κ2) is 6.01. The van der Waals surface area contributed by atoms with Gasteiger partial charge in [-0.25, -0.2) is 4.39 Å². The third-order valence-corrected chi connectivity index (χ3v) is 4.08. The minimum atomic E-state index is -0.816. The molecule has 0 amide bonds. The zero-order valence-corrected chi connectivity index (χ0v) is 12.1. The highest BCUT2D eigenvalue weighted by Gasteiger charge is 2.32. The van der Waals surface area contributed by atoms with Crippen LogP contribution in [0.4, 0.5) is 4.39 Å². The van der Waals surface area contributed by atoms with E-state index in [1.807, 2.05) is 11.7 Å². The van der Waals surface area contributed by atoms with Crippen LogP contribution in [0.5, 0.6) is 0 Å². The van der Waals surface area contributed by atoms with Crippen LogP contribution in [-0.2, 0) is 26.4 Å². The molecule has 0 unspecified atom stereocenters. The molecule has 2 heterocycles. The number of rotatable bonds is 5. The summed E-state index contributed by atoms with van der Waals surface area (Å²) in [5.74, 6) is 0. The van der Waals surface area contributed by atoms with E-state index < -0.39 is 6.17 Å². The molecule has 19 heavy (non-hydrogen) atoms. The van der Waals surface area contributed by atoms with Gasteiger partial charge in [-0.3, -0.25) is 9.58 Å². The number of likely N-dealkylation sites (tertiary alicyclic amines) is 1. The van der Waals surface area contributed by atoms with E-state index in [0.717, 1.165) is 18.5 Å². The van der Waals surface area contributed by atoms with Crippen LogP contribution in [0.2, 0.25) is 0 Å². The highest BCUT2D eigenvalue weighted by Crippen LogP contribution is 2.25. The molecular weight excluding hydrogens is 245 g/mol. The van der Waals surface area contributed by atoms with E-state index in [0.29, 0.717) is 19.5 Å². The van der Waals surface area contributed by atoms with Crippen LogP contribution in [-0.4, -0.2) is 45.2 Å². The number of aromatic nitrogens is 2. The van der Waals surface area contributed by atoms with Crippen LogP contribution in [0.3, 0.4) is 0 Å². The first-order valence-corrected chi connectivity index (χ1v) is 7.13. The van der Waals surface area contributed by atoms with Gasteiger partial charge in [0.05, 0.1) is 12.3 Å². The van der Waals surface area contributed by atoms with E-state index in [1.165, 1.54) is 11.3 Å². The predicted octanol–water partition coefficient (Wildman–Crippen LogP) is 1.45.